The number of hydrogen-bond donors (Lipinski definition) is 1. The lowest BCUT2D eigenvalue weighted by atomic mass is 10.0. The fourth-order valence-corrected chi connectivity index (χ4v) is 2.93. The number of primary amides is 1. The number of nitrogens with two attached hydrogens (primary N) is 1. The molecule has 0 bridgehead atoms. The second-order valence-corrected chi connectivity index (χ2v) is 6.18. The van der Waals surface area contributed by atoms with Gasteiger partial charge >= 0.3 is 0 Å². The topological polar surface area (TPSA) is 60.4 Å². The van der Waals surface area contributed by atoms with Crippen LogP contribution in [0.3, 0.4) is 0 Å². The van der Waals surface area contributed by atoms with Gasteiger partial charge in [-0.3, -0.25) is 4.79 Å². The van der Waals surface area contributed by atoms with Crippen LogP contribution in [0.25, 0.3) is 16.8 Å². The third-order valence-corrected chi connectivity index (χ3v) is 4.31. The maximum atomic E-state index is 13.1. The smallest absolute Gasteiger partial charge is 0.248 e. The summed E-state index contributed by atoms with van der Waals surface area (Å²) >= 11 is 0. The molecular weight excluding hydrogens is 329 g/mol. The Balaban J connectivity index is 1.61. The first-order valence-corrected chi connectivity index (χ1v) is 8.21. The third-order valence-electron chi connectivity index (χ3n) is 4.31. The summed E-state index contributed by atoms with van der Waals surface area (Å²) in [6.45, 7) is 0. The van der Waals surface area contributed by atoms with Crippen LogP contribution in [0.15, 0.2) is 72.9 Å². The van der Waals surface area contributed by atoms with E-state index in [4.69, 9.17) is 5.73 Å². The molecule has 4 rings (SSSR count). The van der Waals surface area contributed by atoms with Crippen LogP contribution >= 0.6 is 0 Å². The molecule has 2 N–H and O–H groups in total. The van der Waals surface area contributed by atoms with Crippen molar-refractivity contribution in [3.63, 3.8) is 0 Å². The monoisotopic (exact) mass is 345 g/mol. The summed E-state index contributed by atoms with van der Waals surface area (Å²) in [5.41, 5.74) is 10.6. The van der Waals surface area contributed by atoms with E-state index in [2.05, 4.69) is 11.2 Å². The molecule has 26 heavy (non-hydrogen) atoms. The molecule has 4 nitrogen and oxygen atoms in total. The lowest BCUT2D eigenvalue weighted by Crippen LogP contribution is -2.10. The average molecular weight is 345 g/mol. The summed E-state index contributed by atoms with van der Waals surface area (Å²) in [6, 6.07) is 19.7. The molecule has 0 saturated carbocycles. The van der Waals surface area contributed by atoms with Gasteiger partial charge in [0, 0.05) is 17.3 Å². The van der Waals surface area contributed by atoms with E-state index in [1.54, 1.807) is 28.8 Å². The molecule has 0 saturated heterocycles. The van der Waals surface area contributed by atoms with E-state index in [9.17, 15) is 9.18 Å². The number of aromatic nitrogens is 2. The molecule has 128 valence electrons. The molecule has 0 aliphatic carbocycles. The highest BCUT2D eigenvalue weighted by Gasteiger charge is 2.06. The molecule has 1 amide bonds. The number of pyridine rings is 1. The molecule has 0 unspecified atom stereocenters. The van der Waals surface area contributed by atoms with Crippen molar-refractivity contribution in [2.24, 2.45) is 5.73 Å². The first-order valence-electron chi connectivity index (χ1n) is 8.21. The zero-order chi connectivity index (χ0) is 18.1. The fourth-order valence-electron chi connectivity index (χ4n) is 2.93. The van der Waals surface area contributed by atoms with E-state index in [-0.39, 0.29) is 5.82 Å². The molecule has 0 atom stereocenters. The van der Waals surface area contributed by atoms with E-state index < -0.39 is 5.91 Å². The van der Waals surface area contributed by atoms with Gasteiger partial charge in [0.25, 0.3) is 0 Å². The minimum absolute atomic E-state index is 0.262. The Hall–Kier alpha value is -3.47. The van der Waals surface area contributed by atoms with Crippen LogP contribution < -0.4 is 5.73 Å². The molecule has 0 aliphatic heterocycles. The molecule has 2 aromatic heterocycles. The van der Waals surface area contributed by atoms with E-state index in [0.717, 1.165) is 34.3 Å². The number of hydrogen-bond acceptors (Lipinski definition) is 2. The van der Waals surface area contributed by atoms with E-state index in [1.165, 1.54) is 12.1 Å². The Bertz CT molecular complexity index is 1080. The molecule has 5 heteroatoms. The van der Waals surface area contributed by atoms with E-state index in [1.807, 2.05) is 30.5 Å². The molecular formula is C21H16FN3O. The molecule has 2 heterocycles. The minimum Gasteiger partial charge on any atom is -0.366 e. The molecule has 0 radical (unpaired) electrons. The van der Waals surface area contributed by atoms with Gasteiger partial charge in [0.15, 0.2) is 0 Å². The number of benzene rings is 2. The van der Waals surface area contributed by atoms with Crippen LogP contribution in [-0.4, -0.2) is 15.5 Å². The second kappa shape index (κ2) is 6.44. The highest BCUT2D eigenvalue weighted by atomic mass is 19.1. The number of amides is 1. The SMILES string of the molecule is NC(=O)c1ccc(Cc2ccn3nc(-c4ccc(F)cc4)cc3c2)cc1. The molecule has 2 aromatic carbocycles. The number of carbonyl (C=O) groups is 1. The van der Waals surface area contributed by atoms with Crippen molar-refractivity contribution in [1.82, 2.24) is 9.61 Å². The molecule has 0 aliphatic rings. The molecule has 0 spiro atoms. The predicted molar refractivity (Wildman–Crippen MR) is 98.4 cm³/mol. The Morgan fingerprint density at radius 1 is 0.962 bits per heavy atom. The normalized spacial score (nSPS) is 11.0. The lowest BCUT2D eigenvalue weighted by molar-refractivity contribution is 0.100. The predicted octanol–water partition coefficient (Wildman–Crippen LogP) is 3.83. The summed E-state index contributed by atoms with van der Waals surface area (Å²) in [6.07, 6.45) is 2.65. The highest BCUT2D eigenvalue weighted by molar-refractivity contribution is 5.92. The van der Waals surface area contributed by atoms with Crippen molar-refractivity contribution < 1.29 is 9.18 Å². The third kappa shape index (κ3) is 3.19. The minimum atomic E-state index is -0.425. The van der Waals surface area contributed by atoms with Gasteiger partial charge < -0.3 is 5.73 Å². The number of nitrogens with zero attached hydrogens (tertiary/aromatic N) is 2. The van der Waals surface area contributed by atoms with Crippen molar-refractivity contribution in [3.8, 4) is 11.3 Å². The maximum Gasteiger partial charge on any atom is 0.248 e. The first-order chi connectivity index (χ1) is 12.6. The maximum absolute atomic E-state index is 13.1. The fraction of sp³-hybridized carbons (Fsp3) is 0.0476. The van der Waals surface area contributed by atoms with E-state index >= 15 is 0 Å². The van der Waals surface area contributed by atoms with Crippen molar-refractivity contribution in [2.45, 2.75) is 6.42 Å². The highest BCUT2D eigenvalue weighted by Crippen LogP contribution is 2.21. The Morgan fingerprint density at radius 3 is 2.38 bits per heavy atom. The van der Waals surface area contributed by atoms with E-state index in [0.29, 0.717) is 5.56 Å². The summed E-state index contributed by atoms with van der Waals surface area (Å²) in [4.78, 5) is 11.1. The standard InChI is InChI=1S/C21H16FN3O/c22-18-7-5-16(6-8-18)20-13-19-12-15(9-10-25(19)24-20)11-14-1-3-17(4-2-14)21(23)26/h1-10,12-13H,11H2,(H2,23,26). The van der Waals surface area contributed by atoms with Gasteiger partial charge in [0.2, 0.25) is 5.91 Å². The summed E-state index contributed by atoms with van der Waals surface area (Å²) in [5.74, 6) is -0.687. The van der Waals surface area contributed by atoms with Crippen molar-refractivity contribution >= 4 is 11.4 Å². The van der Waals surface area contributed by atoms with Gasteiger partial charge in [-0.2, -0.15) is 5.10 Å². The second-order valence-electron chi connectivity index (χ2n) is 6.18. The number of rotatable bonds is 4. The van der Waals surface area contributed by atoms with Gasteiger partial charge in [-0.05, 0) is 72.1 Å². The van der Waals surface area contributed by atoms with Gasteiger partial charge in [-0.1, -0.05) is 12.1 Å². The van der Waals surface area contributed by atoms with Crippen LogP contribution in [-0.2, 0) is 6.42 Å². The van der Waals surface area contributed by atoms with Crippen molar-refractivity contribution in [3.05, 3.63) is 95.4 Å². The van der Waals surface area contributed by atoms with Crippen molar-refractivity contribution in [1.29, 1.82) is 0 Å². The molecule has 0 fully saturated rings. The Morgan fingerprint density at radius 2 is 1.69 bits per heavy atom. The van der Waals surface area contributed by atoms with Gasteiger partial charge in [-0.25, -0.2) is 8.91 Å². The summed E-state index contributed by atoms with van der Waals surface area (Å²) < 4.78 is 14.9. The largest absolute Gasteiger partial charge is 0.366 e. The zero-order valence-corrected chi connectivity index (χ0v) is 13.9. The zero-order valence-electron chi connectivity index (χ0n) is 13.9. The van der Waals surface area contributed by atoms with Gasteiger partial charge in [0.05, 0.1) is 11.2 Å². The quantitative estimate of drug-likeness (QED) is 0.611. The van der Waals surface area contributed by atoms with Crippen LogP contribution in [0.2, 0.25) is 0 Å². The first kappa shape index (κ1) is 16.0. The summed E-state index contributed by atoms with van der Waals surface area (Å²) in [7, 11) is 0. The van der Waals surface area contributed by atoms with Crippen LogP contribution in [0.1, 0.15) is 21.5 Å². The number of fused-ring (bicyclic) bond motifs is 1. The van der Waals surface area contributed by atoms with Gasteiger partial charge in [0.1, 0.15) is 5.82 Å². The van der Waals surface area contributed by atoms with Crippen LogP contribution in [0.5, 0.6) is 0 Å². The van der Waals surface area contributed by atoms with Crippen LogP contribution in [0.4, 0.5) is 4.39 Å². The Kier molecular flexibility index (Phi) is 3.97. The lowest BCUT2D eigenvalue weighted by Gasteiger charge is -2.04. The number of carbonyl (C=O) groups excluding carboxylic acids is 1. The van der Waals surface area contributed by atoms with Crippen LogP contribution in [0, 0.1) is 5.82 Å². The number of halogens is 1. The molecule has 4 aromatic rings. The van der Waals surface area contributed by atoms with Crippen molar-refractivity contribution in [2.75, 3.05) is 0 Å². The van der Waals surface area contributed by atoms with Gasteiger partial charge in [-0.15, -0.1) is 0 Å². The Labute approximate surface area is 149 Å². The average Bonchev–Trinajstić information content (AvgIpc) is 3.06. The summed E-state index contributed by atoms with van der Waals surface area (Å²) in [5, 5.41) is 4.53.